The molecule has 1 aliphatic rings. The minimum atomic E-state index is -3.55. The second kappa shape index (κ2) is 5.88. The molecule has 2 atom stereocenters. The van der Waals surface area contributed by atoms with Crippen LogP contribution in [0, 0.1) is 5.92 Å². The Balaban J connectivity index is 1.98. The zero-order valence-electron chi connectivity index (χ0n) is 10.8. The predicted octanol–water partition coefficient (Wildman–Crippen LogP) is -0.613. The largest absolute Gasteiger partial charge is 0.379 e. The van der Waals surface area contributed by atoms with Gasteiger partial charge in [-0.25, -0.2) is 13.6 Å². The number of nitrogens with two attached hydrogens (primary N) is 2. The van der Waals surface area contributed by atoms with E-state index in [0.717, 1.165) is 0 Å². The van der Waals surface area contributed by atoms with Crippen LogP contribution in [0.4, 0.5) is 5.69 Å². The van der Waals surface area contributed by atoms with Crippen LogP contribution in [0.2, 0.25) is 0 Å². The van der Waals surface area contributed by atoms with E-state index in [1.807, 2.05) is 0 Å². The molecule has 110 valence electrons. The normalized spacial score (nSPS) is 22.7. The Bertz CT molecular complexity index is 585. The molecule has 1 aromatic rings. The van der Waals surface area contributed by atoms with Crippen LogP contribution in [0.3, 0.4) is 0 Å². The molecule has 1 aromatic carbocycles. The van der Waals surface area contributed by atoms with Crippen LogP contribution in [0.15, 0.2) is 24.3 Å². The molecule has 20 heavy (non-hydrogen) atoms. The van der Waals surface area contributed by atoms with Gasteiger partial charge in [-0.2, -0.15) is 0 Å². The topological polar surface area (TPSA) is 125 Å². The van der Waals surface area contributed by atoms with Crippen LogP contribution in [0.25, 0.3) is 0 Å². The van der Waals surface area contributed by atoms with E-state index in [1.165, 1.54) is 0 Å². The minimum Gasteiger partial charge on any atom is -0.379 e. The number of carbonyl (C=O) groups excluding carboxylic acids is 1. The first kappa shape index (κ1) is 14.9. The molecule has 1 amide bonds. The minimum absolute atomic E-state index is 0.200. The molecule has 0 aromatic heterocycles. The maximum absolute atomic E-state index is 12.0. The Morgan fingerprint density at radius 1 is 1.30 bits per heavy atom. The lowest BCUT2D eigenvalue weighted by Gasteiger charge is -2.13. The van der Waals surface area contributed by atoms with Crippen molar-refractivity contribution in [2.45, 2.75) is 11.8 Å². The van der Waals surface area contributed by atoms with Crippen LogP contribution in [0.5, 0.6) is 0 Å². The van der Waals surface area contributed by atoms with Crippen LogP contribution >= 0.6 is 0 Å². The van der Waals surface area contributed by atoms with Crippen molar-refractivity contribution in [1.82, 2.24) is 0 Å². The predicted molar refractivity (Wildman–Crippen MR) is 74.2 cm³/mol. The standard InChI is InChI=1S/C12H17N3O4S/c13-11-6-19-5-10(11)12(16)15-9-3-1-8(2-4-9)7-20(14,17)18/h1-4,10-11H,5-7,13H2,(H,15,16)(H2,14,17,18). The quantitative estimate of drug-likeness (QED) is 0.684. The lowest BCUT2D eigenvalue weighted by atomic mass is 10.0. The molecule has 5 N–H and O–H groups in total. The number of carbonyl (C=O) groups is 1. The summed E-state index contributed by atoms with van der Waals surface area (Å²) in [5, 5.41) is 7.68. The molecular weight excluding hydrogens is 282 g/mol. The van der Waals surface area contributed by atoms with Gasteiger partial charge in [-0.05, 0) is 17.7 Å². The number of ether oxygens (including phenoxy) is 1. The number of hydrogen-bond donors (Lipinski definition) is 3. The average molecular weight is 299 g/mol. The SMILES string of the molecule is NC1COCC1C(=O)Nc1ccc(CS(N)(=O)=O)cc1. The number of nitrogens with one attached hydrogen (secondary N) is 1. The highest BCUT2D eigenvalue weighted by Gasteiger charge is 2.31. The van der Waals surface area contributed by atoms with E-state index in [2.05, 4.69) is 5.32 Å². The van der Waals surface area contributed by atoms with Crippen molar-refractivity contribution in [2.75, 3.05) is 18.5 Å². The van der Waals surface area contributed by atoms with Gasteiger partial charge in [0.15, 0.2) is 0 Å². The van der Waals surface area contributed by atoms with Crippen molar-refractivity contribution >= 4 is 21.6 Å². The third-order valence-electron chi connectivity index (χ3n) is 3.05. The Kier molecular flexibility index (Phi) is 4.39. The number of benzene rings is 1. The first-order chi connectivity index (χ1) is 9.35. The fraction of sp³-hybridized carbons (Fsp3) is 0.417. The van der Waals surface area contributed by atoms with Gasteiger partial charge in [-0.15, -0.1) is 0 Å². The molecule has 2 unspecified atom stereocenters. The molecule has 7 nitrogen and oxygen atoms in total. The molecule has 0 spiro atoms. The number of rotatable bonds is 4. The summed E-state index contributed by atoms with van der Waals surface area (Å²) >= 11 is 0. The van der Waals surface area contributed by atoms with Crippen LogP contribution in [-0.4, -0.2) is 33.6 Å². The smallest absolute Gasteiger partial charge is 0.231 e. The Morgan fingerprint density at radius 2 is 1.95 bits per heavy atom. The number of hydrogen-bond acceptors (Lipinski definition) is 5. The Morgan fingerprint density at radius 3 is 2.45 bits per heavy atom. The van der Waals surface area contributed by atoms with Gasteiger partial charge in [0.2, 0.25) is 15.9 Å². The number of anilines is 1. The summed E-state index contributed by atoms with van der Waals surface area (Å²) in [5.41, 5.74) is 6.90. The van der Waals surface area contributed by atoms with Crippen molar-refractivity contribution in [3.05, 3.63) is 29.8 Å². The molecular formula is C12H17N3O4S. The summed E-state index contributed by atoms with van der Waals surface area (Å²) in [5.74, 6) is -0.795. The van der Waals surface area contributed by atoms with E-state index >= 15 is 0 Å². The van der Waals surface area contributed by atoms with Crippen molar-refractivity contribution in [1.29, 1.82) is 0 Å². The molecule has 2 rings (SSSR count). The molecule has 8 heteroatoms. The number of primary sulfonamides is 1. The van der Waals surface area contributed by atoms with Gasteiger partial charge in [0.25, 0.3) is 0 Å². The fourth-order valence-corrected chi connectivity index (χ4v) is 2.65. The highest BCUT2D eigenvalue weighted by molar-refractivity contribution is 7.88. The van der Waals surface area contributed by atoms with E-state index in [0.29, 0.717) is 24.5 Å². The van der Waals surface area contributed by atoms with Gasteiger partial charge in [0.05, 0.1) is 24.9 Å². The van der Waals surface area contributed by atoms with Gasteiger partial charge in [0.1, 0.15) is 0 Å². The highest BCUT2D eigenvalue weighted by Crippen LogP contribution is 2.16. The van der Waals surface area contributed by atoms with Gasteiger partial charge >= 0.3 is 0 Å². The summed E-state index contributed by atoms with van der Waals surface area (Å²) in [7, 11) is -3.55. The van der Waals surface area contributed by atoms with Crippen LogP contribution in [0.1, 0.15) is 5.56 Å². The molecule has 0 bridgehead atoms. The zero-order chi connectivity index (χ0) is 14.8. The lowest BCUT2D eigenvalue weighted by Crippen LogP contribution is -2.37. The third-order valence-corrected chi connectivity index (χ3v) is 3.79. The molecule has 1 heterocycles. The van der Waals surface area contributed by atoms with Crippen LogP contribution in [-0.2, 0) is 25.3 Å². The third kappa shape index (κ3) is 4.01. The second-order valence-corrected chi connectivity index (χ2v) is 6.42. The molecule has 1 aliphatic heterocycles. The van der Waals surface area contributed by atoms with Gasteiger partial charge < -0.3 is 15.8 Å². The molecule has 0 saturated carbocycles. The summed E-state index contributed by atoms with van der Waals surface area (Å²) in [6, 6.07) is 6.16. The second-order valence-electron chi connectivity index (χ2n) is 4.80. The first-order valence-electron chi connectivity index (χ1n) is 6.09. The van der Waals surface area contributed by atoms with Crippen molar-refractivity contribution in [3.8, 4) is 0 Å². The summed E-state index contributed by atoms with van der Waals surface area (Å²) < 4.78 is 27.0. The lowest BCUT2D eigenvalue weighted by molar-refractivity contribution is -0.120. The Hall–Kier alpha value is -1.48. The van der Waals surface area contributed by atoms with Gasteiger partial charge in [0, 0.05) is 11.7 Å². The highest BCUT2D eigenvalue weighted by atomic mass is 32.2. The summed E-state index contributed by atoms with van der Waals surface area (Å²) in [6.07, 6.45) is 0. The van der Waals surface area contributed by atoms with Crippen LogP contribution < -0.4 is 16.2 Å². The molecule has 1 saturated heterocycles. The van der Waals surface area contributed by atoms with Gasteiger partial charge in [-0.1, -0.05) is 12.1 Å². The van der Waals surface area contributed by atoms with E-state index in [9.17, 15) is 13.2 Å². The van der Waals surface area contributed by atoms with E-state index in [1.54, 1.807) is 24.3 Å². The molecule has 0 aliphatic carbocycles. The summed E-state index contributed by atoms with van der Waals surface area (Å²) in [4.78, 5) is 12.0. The Labute approximate surface area is 117 Å². The van der Waals surface area contributed by atoms with E-state index < -0.39 is 10.0 Å². The maximum atomic E-state index is 12.0. The number of amides is 1. The van der Waals surface area contributed by atoms with Crippen molar-refractivity contribution < 1.29 is 17.9 Å². The van der Waals surface area contributed by atoms with Crippen molar-refractivity contribution in [2.24, 2.45) is 16.8 Å². The molecule has 0 radical (unpaired) electrons. The maximum Gasteiger partial charge on any atom is 0.231 e. The fourth-order valence-electron chi connectivity index (χ4n) is 1.99. The summed E-state index contributed by atoms with van der Waals surface area (Å²) in [6.45, 7) is 0.696. The van der Waals surface area contributed by atoms with E-state index in [4.69, 9.17) is 15.6 Å². The average Bonchev–Trinajstić information content (AvgIpc) is 2.76. The van der Waals surface area contributed by atoms with Crippen molar-refractivity contribution in [3.63, 3.8) is 0 Å². The zero-order valence-corrected chi connectivity index (χ0v) is 11.6. The number of sulfonamides is 1. The van der Waals surface area contributed by atoms with Gasteiger partial charge in [-0.3, -0.25) is 4.79 Å². The van der Waals surface area contributed by atoms with E-state index in [-0.39, 0.29) is 23.6 Å². The monoisotopic (exact) mass is 299 g/mol. The molecule has 1 fully saturated rings. The first-order valence-corrected chi connectivity index (χ1v) is 7.80.